The molecule has 3 rings (SSSR count). The summed E-state index contributed by atoms with van der Waals surface area (Å²) in [5.74, 6) is -1.08. The van der Waals surface area contributed by atoms with Gasteiger partial charge in [0.15, 0.2) is 0 Å². The van der Waals surface area contributed by atoms with Gasteiger partial charge in [-0.2, -0.15) is 5.26 Å². The van der Waals surface area contributed by atoms with Crippen LogP contribution in [-0.4, -0.2) is 11.0 Å². The van der Waals surface area contributed by atoms with E-state index in [4.69, 9.17) is 5.26 Å². The van der Waals surface area contributed by atoms with E-state index in [0.717, 1.165) is 26.4 Å². The molecule has 0 spiro atoms. The van der Waals surface area contributed by atoms with Crippen LogP contribution >= 0.6 is 11.3 Å². The highest BCUT2D eigenvalue weighted by Crippen LogP contribution is 2.30. The van der Waals surface area contributed by atoms with Crippen molar-refractivity contribution < 1.29 is 9.90 Å². The third-order valence-corrected chi connectivity index (χ3v) is 4.66. The molecule has 0 atom stereocenters. The molecule has 0 fully saturated rings. The number of carboxylic acids is 1. The molecule has 0 amide bonds. The molecular weight excluding hydrogens is 320 g/mol. The molecule has 3 aromatic rings. The van der Waals surface area contributed by atoms with Crippen molar-refractivity contribution in [3.05, 3.63) is 64.7 Å². The van der Waals surface area contributed by atoms with Crippen molar-refractivity contribution in [2.24, 2.45) is 0 Å². The molecule has 1 heterocycles. The fourth-order valence-corrected chi connectivity index (χ4v) is 3.35. The maximum atomic E-state index is 10.9. The molecule has 24 heavy (non-hydrogen) atoms. The molecule has 1 aromatic heterocycles. The van der Waals surface area contributed by atoms with Crippen molar-refractivity contribution in [3.63, 3.8) is 0 Å². The SMILES string of the molecule is N#Cc1ccc(/C=C(\CCC(=O)[O-])c2nc3ccccc3s2)cc1. The number of aliphatic carboxylic acids is 1. The van der Waals surface area contributed by atoms with Gasteiger partial charge in [-0.1, -0.05) is 24.3 Å². The Hall–Kier alpha value is -2.97. The Morgan fingerprint density at radius 3 is 2.58 bits per heavy atom. The number of carboxylic acid groups (broad SMARTS) is 1. The predicted octanol–water partition coefficient (Wildman–Crippen LogP) is 3.24. The molecule has 0 saturated carbocycles. The molecule has 5 heteroatoms. The topological polar surface area (TPSA) is 76.8 Å². The number of aromatic nitrogens is 1. The first-order valence-corrected chi connectivity index (χ1v) is 8.24. The van der Waals surface area contributed by atoms with Crippen LogP contribution in [0.25, 0.3) is 21.9 Å². The molecule has 4 nitrogen and oxygen atoms in total. The maximum absolute atomic E-state index is 10.9. The third-order valence-electron chi connectivity index (χ3n) is 3.55. The van der Waals surface area contributed by atoms with E-state index in [1.165, 1.54) is 11.3 Å². The second-order valence-corrected chi connectivity index (χ2v) is 6.29. The second-order valence-electron chi connectivity index (χ2n) is 5.26. The van der Waals surface area contributed by atoms with Gasteiger partial charge in [0.1, 0.15) is 5.01 Å². The molecule has 0 radical (unpaired) electrons. The van der Waals surface area contributed by atoms with E-state index in [1.807, 2.05) is 42.5 Å². The van der Waals surface area contributed by atoms with Gasteiger partial charge in [-0.15, -0.1) is 11.3 Å². The van der Waals surface area contributed by atoms with Crippen molar-refractivity contribution in [2.45, 2.75) is 12.8 Å². The highest BCUT2D eigenvalue weighted by atomic mass is 32.1. The molecule has 0 aliphatic carbocycles. The van der Waals surface area contributed by atoms with E-state index in [0.29, 0.717) is 12.0 Å². The Morgan fingerprint density at radius 1 is 1.17 bits per heavy atom. The molecule has 0 aliphatic heterocycles. The average Bonchev–Trinajstić information content (AvgIpc) is 3.03. The van der Waals surface area contributed by atoms with E-state index < -0.39 is 5.97 Å². The van der Waals surface area contributed by atoms with Gasteiger partial charge in [0.05, 0.1) is 21.8 Å². The van der Waals surface area contributed by atoms with E-state index in [1.54, 1.807) is 12.1 Å². The number of nitrogens with zero attached hydrogens (tertiary/aromatic N) is 2. The predicted molar refractivity (Wildman–Crippen MR) is 92.9 cm³/mol. The van der Waals surface area contributed by atoms with Crippen LogP contribution < -0.4 is 5.11 Å². The van der Waals surface area contributed by atoms with Gasteiger partial charge in [-0.3, -0.25) is 0 Å². The van der Waals surface area contributed by atoms with Gasteiger partial charge in [0.2, 0.25) is 0 Å². The summed E-state index contributed by atoms with van der Waals surface area (Å²) < 4.78 is 1.06. The Kier molecular flexibility index (Phi) is 4.69. The quantitative estimate of drug-likeness (QED) is 0.718. The molecule has 0 saturated heterocycles. The average molecular weight is 333 g/mol. The van der Waals surface area contributed by atoms with Crippen molar-refractivity contribution >= 4 is 39.2 Å². The summed E-state index contributed by atoms with van der Waals surface area (Å²) in [4.78, 5) is 15.5. The van der Waals surface area contributed by atoms with Crippen LogP contribution in [0.4, 0.5) is 0 Å². The summed E-state index contributed by atoms with van der Waals surface area (Å²) >= 11 is 1.54. The number of hydrogen-bond donors (Lipinski definition) is 0. The second kappa shape index (κ2) is 7.07. The zero-order valence-electron chi connectivity index (χ0n) is 12.7. The first kappa shape index (κ1) is 15.9. The number of nitriles is 1. The van der Waals surface area contributed by atoms with Crippen LogP contribution in [0.2, 0.25) is 0 Å². The summed E-state index contributed by atoms with van der Waals surface area (Å²) in [6, 6.07) is 17.0. The summed E-state index contributed by atoms with van der Waals surface area (Å²) in [5.41, 5.74) is 3.24. The third kappa shape index (κ3) is 3.67. The number of allylic oxidation sites excluding steroid dienone is 1. The molecule has 2 aromatic carbocycles. The highest BCUT2D eigenvalue weighted by Gasteiger charge is 2.09. The van der Waals surface area contributed by atoms with Gasteiger partial charge in [0, 0.05) is 5.97 Å². The molecule has 118 valence electrons. The normalized spacial score (nSPS) is 11.4. The monoisotopic (exact) mass is 333 g/mol. The smallest absolute Gasteiger partial charge is 0.120 e. The Balaban J connectivity index is 1.99. The molecule has 0 bridgehead atoms. The molecule has 0 aliphatic rings. The zero-order valence-corrected chi connectivity index (χ0v) is 13.5. The van der Waals surface area contributed by atoms with Crippen LogP contribution in [0.15, 0.2) is 48.5 Å². The number of benzene rings is 2. The number of carbonyl (C=O) groups is 1. The number of rotatable bonds is 5. The largest absolute Gasteiger partial charge is 0.550 e. The van der Waals surface area contributed by atoms with Gasteiger partial charge < -0.3 is 9.90 Å². The highest BCUT2D eigenvalue weighted by molar-refractivity contribution is 7.19. The summed E-state index contributed by atoms with van der Waals surface area (Å²) in [6.45, 7) is 0. The summed E-state index contributed by atoms with van der Waals surface area (Å²) in [7, 11) is 0. The number of fused-ring (bicyclic) bond motifs is 1. The minimum atomic E-state index is -1.08. The van der Waals surface area contributed by atoms with Gasteiger partial charge in [0.25, 0.3) is 0 Å². The number of thiazole rings is 1. The van der Waals surface area contributed by atoms with Crippen molar-refractivity contribution in [1.82, 2.24) is 4.98 Å². The lowest BCUT2D eigenvalue weighted by Gasteiger charge is -2.06. The first-order valence-electron chi connectivity index (χ1n) is 7.42. The maximum Gasteiger partial charge on any atom is 0.120 e. The van der Waals surface area contributed by atoms with E-state index in [9.17, 15) is 9.90 Å². The lowest BCUT2D eigenvalue weighted by molar-refractivity contribution is -0.305. The summed E-state index contributed by atoms with van der Waals surface area (Å²) in [5, 5.41) is 20.5. The number of hydrogen-bond acceptors (Lipinski definition) is 5. The Labute approximate surface area is 143 Å². The van der Waals surface area contributed by atoms with Crippen molar-refractivity contribution in [2.75, 3.05) is 0 Å². The minimum Gasteiger partial charge on any atom is -0.550 e. The fourth-order valence-electron chi connectivity index (χ4n) is 2.34. The Bertz CT molecular complexity index is 916. The first-order chi connectivity index (χ1) is 11.7. The van der Waals surface area contributed by atoms with E-state index in [2.05, 4.69) is 11.1 Å². The van der Waals surface area contributed by atoms with Crippen LogP contribution in [0, 0.1) is 11.3 Å². The van der Waals surface area contributed by atoms with Crippen molar-refractivity contribution in [1.29, 1.82) is 5.26 Å². The van der Waals surface area contributed by atoms with Gasteiger partial charge in [-0.05, 0) is 54.3 Å². The number of carbonyl (C=O) groups excluding carboxylic acids is 1. The number of para-hydroxylation sites is 1. The fraction of sp³-hybridized carbons (Fsp3) is 0.105. The van der Waals surface area contributed by atoms with Gasteiger partial charge >= 0.3 is 0 Å². The minimum absolute atomic E-state index is 0.0575. The van der Waals surface area contributed by atoms with Crippen LogP contribution in [0.1, 0.15) is 29.0 Å². The lowest BCUT2D eigenvalue weighted by Crippen LogP contribution is -2.21. The molecular formula is C19H13N2O2S-. The van der Waals surface area contributed by atoms with Crippen LogP contribution in [0.5, 0.6) is 0 Å². The summed E-state index contributed by atoms with van der Waals surface area (Å²) in [6.07, 6.45) is 2.21. The van der Waals surface area contributed by atoms with Crippen LogP contribution in [0.3, 0.4) is 0 Å². The van der Waals surface area contributed by atoms with Gasteiger partial charge in [-0.25, -0.2) is 4.98 Å². The molecule has 0 N–H and O–H groups in total. The van der Waals surface area contributed by atoms with E-state index >= 15 is 0 Å². The van der Waals surface area contributed by atoms with Crippen molar-refractivity contribution in [3.8, 4) is 6.07 Å². The lowest BCUT2D eigenvalue weighted by atomic mass is 10.1. The zero-order chi connectivity index (χ0) is 16.9. The Morgan fingerprint density at radius 2 is 1.92 bits per heavy atom. The molecule has 0 unspecified atom stereocenters. The van der Waals surface area contributed by atoms with Crippen LogP contribution in [-0.2, 0) is 4.79 Å². The van der Waals surface area contributed by atoms with E-state index in [-0.39, 0.29) is 6.42 Å². The standard InChI is InChI=1S/C19H14N2O2S/c20-12-14-7-5-13(6-8-14)11-15(9-10-18(22)23)19-21-16-3-1-2-4-17(16)24-19/h1-8,11H,9-10H2,(H,22,23)/p-1/b15-11+.